The minimum atomic E-state index is 0.128. The molecule has 3 N–H and O–H groups in total. The van der Waals surface area contributed by atoms with Crippen molar-refractivity contribution in [1.82, 2.24) is 0 Å². The van der Waals surface area contributed by atoms with E-state index in [0.29, 0.717) is 11.6 Å². The second-order valence-electron chi connectivity index (χ2n) is 4.16. The van der Waals surface area contributed by atoms with E-state index in [9.17, 15) is 0 Å². The smallest absolute Gasteiger partial charge is 0.170 e. The molecular weight excluding hydrogens is 218 g/mol. The van der Waals surface area contributed by atoms with Crippen LogP contribution in [0.3, 0.4) is 0 Å². The Morgan fingerprint density at radius 3 is 2.71 bits per heavy atom. The molecular formula is C12H17N3O2. The summed E-state index contributed by atoms with van der Waals surface area (Å²) in [5.74, 6) is 0.128. The van der Waals surface area contributed by atoms with Gasteiger partial charge in [0.2, 0.25) is 0 Å². The lowest BCUT2D eigenvalue weighted by Gasteiger charge is -2.25. The highest BCUT2D eigenvalue weighted by Crippen LogP contribution is 2.20. The van der Waals surface area contributed by atoms with Gasteiger partial charge >= 0.3 is 0 Å². The Bertz CT molecular complexity index is 397. The lowest BCUT2D eigenvalue weighted by atomic mass is 10.1. The van der Waals surface area contributed by atoms with Gasteiger partial charge in [0.25, 0.3) is 0 Å². The summed E-state index contributed by atoms with van der Waals surface area (Å²) in [4.78, 5) is 2.20. The highest BCUT2D eigenvalue weighted by molar-refractivity contribution is 5.97. The van der Waals surface area contributed by atoms with Gasteiger partial charge in [-0.3, -0.25) is 0 Å². The first-order chi connectivity index (χ1) is 8.22. The van der Waals surface area contributed by atoms with Crippen LogP contribution in [-0.4, -0.2) is 37.3 Å². The topological polar surface area (TPSA) is 71.1 Å². The quantitative estimate of drug-likeness (QED) is 0.355. The molecule has 1 aliphatic rings. The SMILES string of the molecule is CN(c1ccc(C(N)=NO)cc1)C1CCOC1. The number of likely N-dealkylation sites (N-methyl/N-ethyl adjacent to an activating group) is 1. The number of hydrogen-bond acceptors (Lipinski definition) is 4. The predicted molar refractivity (Wildman–Crippen MR) is 66.6 cm³/mol. The van der Waals surface area contributed by atoms with Crippen molar-refractivity contribution >= 4 is 11.5 Å². The fourth-order valence-corrected chi connectivity index (χ4v) is 1.96. The average Bonchev–Trinajstić information content (AvgIpc) is 2.91. The summed E-state index contributed by atoms with van der Waals surface area (Å²) in [7, 11) is 2.05. The van der Waals surface area contributed by atoms with Crippen LogP contribution in [0.25, 0.3) is 0 Å². The van der Waals surface area contributed by atoms with Crippen molar-refractivity contribution in [2.75, 3.05) is 25.2 Å². The summed E-state index contributed by atoms with van der Waals surface area (Å²) in [6, 6.07) is 8.05. The van der Waals surface area contributed by atoms with Crippen LogP contribution in [0.1, 0.15) is 12.0 Å². The lowest BCUT2D eigenvalue weighted by Crippen LogP contribution is -2.31. The maximum atomic E-state index is 8.58. The lowest BCUT2D eigenvalue weighted by molar-refractivity contribution is 0.193. The van der Waals surface area contributed by atoms with Crippen molar-refractivity contribution in [3.05, 3.63) is 29.8 Å². The molecule has 1 unspecified atom stereocenters. The maximum absolute atomic E-state index is 8.58. The van der Waals surface area contributed by atoms with Gasteiger partial charge in [0.1, 0.15) is 0 Å². The number of oxime groups is 1. The highest BCUT2D eigenvalue weighted by Gasteiger charge is 2.20. The van der Waals surface area contributed by atoms with E-state index < -0.39 is 0 Å². The van der Waals surface area contributed by atoms with Crippen molar-refractivity contribution in [1.29, 1.82) is 0 Å². The minimum absolute atomic E-state index is 0.128. The third-order valence-corrected chi connectivity index (χ3v) is 3.13. The number of rotatable bonds is 3. The Morgan fingerprint density at radius 2 is 2.18 bits per heavy atom. The number of hydrogen-bond donors (Lipinski definition) is 2. The van der Waals surface area contributed by atoms with Crippen LogP contribution < -0.4 is 10.6 Å². The largest absolute Gasteiger partial charge is 0.409 e. The molecule has 0 bridgehead atoms. The first-order valence-corrected chi connectivity index (χ1v) is 5.61. The third kappa shape index (κ3) is 2.50. The Balaban J connectivity index is 2.11. The second kappa shape index (κ2) is 5.05. The van der Waals surface area contributed by atoms with Crippen molar-refractivity contribution in [2.24, 2.45) is 10.9 Å². The summed E-state index contributed by atoms with van der Waals surface area (Å²) in [6.07, 6.45) is 1.05. The van der Waals surface area contributed by atoms with Gasteiger partial charge in [-0.25, -0.2) is 0 Å². The summed E-state index contributed by atoms with van der Waals surface area (Å²) in [5.41, 5.74) is 7.33. The molecule has 2 rings (SSSR count). The Kier molecular flexibility index (Phi) is 3.49. The minimum Gasteiger partial charge on any atom is -0.409 e. The molecule has 1 aromatic rings. The van der Waals surface area contributed by atoms with Crippen LogP contribution in [0, 0.1) is 0 Å². The molecule has 0 aliphatic carbocycles. The summed E-state index contributed by atoms with van der Waals surface area (Å²) in [5, 5.41) is 11.5. The van der Waals surface area contributed by atoms with Gasteiger partial charge in [0.15, 0.2) is 5.84 Å². The molecule has 0 radical (unpaired) electrons. The molecule has 0 saturated carbocycles. The predicted octanol–water partition coefficient (Wildman–Crippen LogP) is 1.01. The van der Waals surface area contributed by atoms with Gasteiger partial charge in [0, 0.05) is 24.9 Å². The number of amidine groups is 1. The van der Waals surface area contributed by atoms with Crippen LogP contribution in [-0.2, 0) is 4.74 Å². The molecule has 1 aromatic carbocycles. The van der Waals surface area contributed by atoms with E-state index in [4.69, 9.17) is 15.7 Å². The number of nitrogens with zero attached hydrogens (tertiary/aromatic N) is 2. The van der Waals surface area contributed by atoms with E-state index in [2.05, 4.69) is 17.1 Å². The van der Waals surface area contributed by atoms with Gasteiger partial charge in [0.05, 0.1) is 12.6 Å². The molecule has 17 heavy (non-hydrogen) atoms. The molecule has 0 aromatic heterocycles. The molecule has 1 saturated heterocycles. The Hall–Kier alpha value is -1.75. The van der Waals surface area contributed by atoms with Gasteiger partial charge in [-0.05, 0) is 30.7 Å². The van der Waals surface area contributed by atoms with Crippen molar-refractivity contribution in [3.8, 4) is 0 Å². The van der Waals surface area contributed by atoms with Gasteiger partial charge in [-0.15, -0.1) is 0 Å². The number of anilines is 1. The standard InChI is InChI=1S/C12H17N3O2/c1-15(11-6-7-17-8-11)10-4-2-9(3-5-10)12(13)14-16/h2-5,11,16H,6-8H2,1H3,(H2,13,14). The molecule has 0 spiro atoms. The molecule has 1 atom stereocenters. The van der Waals surface area contributed by atoms with Crippen LogP contribution in [0.2, 0.25) is 0 Å². The van der Waals surface area contributed by atoms with E-state index in [-0.39, 0.29) is 5.84 Å². The summed E-state index contributed by atoms with van der Waals surface area (Å²) >= 11 is 0. The normalized spacial score (nSPS) is 20.5. The highest BCUT2D eigenvalue weighted by atomic mass is 16.5. The van der Waals surface area contributed by atoms with E-state index in [1.807, 2.05) is 24.3 Å². The van der Waals surface area contributed by atoms with Gasteiger partial charge in [-0.2, -0.15) is 0 Å². The summed E-state index contributed by atoms with van der Waals surface area (Å²) < 4.78 is 5.37. The summed E-state index contributed by atoms with van der Waals surface area (Å²) in [6.45, 7) is 1.61. The molecule has 5 heteroatoms. The van der Waals surface area contributed by atoms with E-state index >= 15 is 0 Å². The number of benzene rings is 1. The number of nitrogens with two attached hydrogens (primary N) is 1. The first kappa shape index (κ1) is 11.7. The molecule has 0 amide bonds. The van der Waals surface area contributed by atoms with Crippen molar-refractivity contribution < 1.29 is 9.94 Å². The van der Waals surface area contributed by atoms with Crippen LogP contribution in [0.5, 0.6) is 0 Å². The molecule has 1 aliphatic heterocycles. The Morgan fingerprint density at radius 1 is 1.47 bits per heavy atom. The van der Waals surface area contributed by atoms with Gasteiger partial charge < -0.3 is 20.6 Å². The fourth-order valence-electron chi connectivity index (χ4n) is 1.96. The molecule has 1 heterocycles. The van der Waals surface area contributed by atoms with E-state index in [0.717, 1.165) is 25.3 Å². The van der Waals surface area contributed by atoms with Crippen molar-refractivity contribution in [3.63, 3.8) is 0 Å². The van der Waals surface area contributed by atoms with Crippen molar-refractivity contribution in [2.45, 2.75) is 12.5 Å². The first-order valence-electron chi connectivity index (χ1n) is 5.61. The zero-order valence-electron chi connectivity index (χ0n) is 9.84. The average molecular weight is 235 g/mol. The maximum Gasteiger partial charge on any atom is 0.170 e. The van der Waals surface area contributed by atoms with E-state index in [1.165, 1.54) is 0 Å². The zero-order chi connectivity index (χ0) is 12.3. The molecule has 1 fully saturated rings. The third-order valence-electron chi connectivity index (χ3n) is 3.13. The molecule has 5 nitrogen and oxygen atoms in total. The van der Waals surface area contributed by atoms with E-state index in [1.54, 1.807) is 0 Å². The van der Waals surface area contributed by atoms with Crippen LogP contribution in [0.15, 0.2) is 29.4 Å². The number of ether oxygens (including phenoxy) is 1. The fraction of sp³-hybridized carbons (Fsp3) is 0.417. The van der Waals surface area contributed by atoms with Crippen LogP contribution in [0.4, 0.5) is 5.69 Å². The molecule has 92 valence electrons. The Labute approximate surface area is 100 Å². The monoisotopic (exact) mass is 235 g/mol. The zero-order valence-corrected chi connectivity index (χ0v) is 9.84. The van der Waals surface area contributed by atoms with Gasteiger partial charge in [-0.1, -0.05) is 5.16 Å². The van der Waals surface area contributed by atoms with Crippen LogP contribution >= 0.6 is 0 Å². The second-order valence-corrected chi connectivity index (χ2v) is 4.16.